The molecule has 0 spiro atoms. The maximum absolute atomic E-state index is 11.5. The number of aliphatic carboxylic acids is 1. The molecule has 0 aliphatic carbocycles. The van der Waals surface area contributed by atoms with E-state index >= 15 is 0 Å². The van der Waals surface area contributed by atoms with Gasteiger partial charge in [0.05, 0.1) is 0 Å². The van der Waals surface area contributed by atoms with Gasteiger partial charge in [0.1, 0.15) is 18.2 Å². The molecule has 0 aliphatic rings. The Morgan fingerprint density at radius 3 is 2.72 bits per heavy atom. The fourth-order valence-electron chi connectivity index (χ4n) is 2.11. The van der Waals surface area contributed by atoms with Gasteiger partial charge in [0, 0.05) is 12.6 Å². The lowest BCUT2D eigenvalue weighted by molar-refractivity contribution is -0.145. The first-order chi connectivity index (χ1) is 8.50. The molecule has 1 heterocycles. The summed E-state index contributed by atoms with van der Waals surface area (Å²) in [5.74, 6) is -0.780. The Balaban J connectivity index is 2.58. The summed E-state index contributed by atoms with van der Waals surface area (Å²) in [6.45, 7) is 6.52. The molecule has 2 N–H and O–H groups in total. The first-order valence-electron chi connectivity index (χ1n) is 6.33. The first kappa shape index (κ1) is 14.6. The highest BCUT2D eigenvalue weighted by Crippen LogP contribution is 2.19. The quantitative estimate of drug-likeness (QED) is 0.730. The van der Waals surface area contributed by atoms with Crippen LogP contribution < -0.4 is 5.32 Å². The van der Waals surface area contributed by atoms with Crippen LogP contribution in [0.2, 0.25) is 0 Å². The van der Waals surface area contributed by atoms with Crippen LogP contribution in [0.25, 0.3) is 0 Å². The van der Waals surface area contributed by atoms with Crippen molar-refractivity contribution >= 4 is 5.97 Å². The SMILES string of the molecule is CCC(CCCn1cncn1)(NC(C)C)C(=O)O. The van der Waals surface area contributed by atoms with Crippen LogP contribution in [-0.2, 0) is 11.3 Å². The van der Waals surface area contributed by atoms with Gasteiger partial charge in [0.2, 0.25) is 0 Å². The second-order valence-electron chi connectivity index (χ2n) is 4.80. The summed E-state index contributed by atoms with van der Waals surface area (Å²) >= 11 is 0. The third-order valence-electron chi connectivity index (χ3n) is 3.04. The van der Waals surface area contributed by atoms with Crippen LogP contribution in [0.3, 0.4) is 0 Å². The Morgan fingerprint density at radius 2 is 2.28 bits per heavy atom. The molecule has 0 fully saturated rings. The minimum Gasteiger partial charge on any atom is -0.480 e. The standard InChI is InChI=1S/C12H22N4O2/c1-4-12(11(17)18,15-10(2)3)6-5-7-16-9-13-8-14-16/h8-10,15H,4-7H2,1-3H3,(H,17,18). The zero-order chi connectivity index (χ0) is 13.6. The van der Waals surface area contributed by atoms with Crippen LogP contribution in [0, 0.1) is 0 Å². The molecule has 0 aromatic carbocycles. The predicted octanol–water partition coefficient (Wildman–Crippen LogP) is 1.29. The van der Waals surface area contributed by atoms with Crippen LogP contribution in [0.1, 0.15) is 40.0 Å². The van der Waals surface area contributed by atoms with Crippen molar-refractivity contribution < 1.29 is 9.90 Å². The molecule has 0 saturated carbocycles. The molecule has 0 radical (unpaired) electrons. The molecule has 0 bridgehead atoms. The number of nitrogens with zero attached hydrogens (tertiary/aromatic N) is 3. The van der Waals surface area contributed by atoms with Crippen molar-refractivity contribution in [1.82, 2.24) is 20.1 Å². The van der Waals surface area contributed by atoms with E-state index in [4.69, 9.17) is 0 Å². The van der Waals surface area contributed by atoms with Crippen LogP contribution in [0.5, 0.6) is 0 Å². The van der Waals surface area contributed by atoms with E-state index in [9.17, 15) is 9.90 Å². The van der Waals surface area contributed by atoms with Crippen molar-refractivity contribution in [1.29, 1.82) is 0 Å². The zero-order valence-electron chi connectivity index (χ0n) is 11.3. The normalized spacial score (nSPS) is 14.7. The van der Waals surface area contributed by atoms with Crippen molar-refractivity contribution in [3.63, 3.8) is 0 Å². The second-order valence-corrected chi connectivity index (χ2v) is 4.80. The Hall–Kier alpha value is -1.43. The summed E-state index contributed by atoms with van der Waals surface area (Å²) in [4.78, 5) is 15.3. The molecule has 0 aliphatic heterocycles. The van der Waals surface area contributed by atoms with E-state index in [1.165, 1.54) is 6.33 Å². The van der Waals surface area contributed by atoms with Crippen molar-refractivity contribution in [2.45, 2.75) is 58.2 Å². The number of carbonyl (C=O) groups is 1. The molecule has 1 unspecified atom stereocenters. The first-order valence-corrected chi connectivity index (χ1v) is 6.33. The number of aromatic nitrogens is 3. The number of carboxylic acid groups (broad SMARTS) is 1. The highest BCUT2D eigenvalue weighted by atomic mass is 16.4. The van der Waals surface area contributed by atoms with Crippen molar-refractivity contribution in [2.75, 3.05) is 0 Å². The molecular weight excluding hydrogens is 232 g/mol. The number of aryl methyl sites for hydroxylation is 1. The van der Waals surface area contributed by atoms with Gasteiger partial charge < -0.3 is 5.11 Å². The average Bonchev–Trinajstić information content (AvgIpc) is 2.79. The van der Waals surface area contributed by atoms with Gasteiger partial charge in [-0.3, -0.25) is 14.8 Å². The number of rotatable bonds is 8. The van der Waals surface area contributed by atoms with Gasteiger partial charge in [-0.25, -0.2) is 4.98 Å². The van der Waals surface area contributed by atoms with E-state index in [-0.39, 0.29) is 6.04 Å². The van der Waals surface area contributed by atoms with Gasteiger partial charge in [-0.1, -0.05) is 6.92 Å². The van der Waals surface area contributed by atoms with Gasteiger partial charge in [-0.15, -0.1) is 0 Å². The van der Waals surface area contributed by atoms with E-state index in [2.05, 4.69) is 15.4 Å². The molecular formula is C12H22N4O2. The van der Waals surface area contributed by atoms with Crippen LogP contribution in [0.15, 0.2) is 12.7 Å². The zero-order valence-corrected chi connectivity index (χ0v) is 11.3. The predicted molar refractivity (Wildman–Crippen MR) is 68.2 cm³/mol. The lowest BCUT2D eigenvalue weighted by Crippen LogP contribution is -2.54. The third kappa shape index (κ3) is 3.80. The summed E-state index contributed by atoms with van der Waals surface area (Å²) in [6.07, 6.45) is 5.03. The van der Waals surface area contributed by atoms with Gasteiger partial charge in [-0.2, -0.15) is 5.10 Å². The maximum atomic E-state index is 11.5. The van der Waals surface area contributed by atoms with E-state index in [0.717, 1.165) is 6.42 Å². The maximum Gasteiger partial charge on any atom is 0.323 e. The number of hydrogen-bond acceptors (Lipinski definition) is 4. The fraction of sp³-hybridized carbons (Fsp3) is 0.750. The molecule has 1 rings (SSSR count). The van der Waals surface area contributed by atoms with Gasteiger partial charge >= 0.3 is 5.97 Å². The molecule has 6 nitrogen and oxygen atoms in total. The molecule has 0 amide bonds. The molecule has 1 aromatic heterocycles. The van der Waals surface area contributed by atoms with Crippen LogP contribution in [0.4, 0.5) is 0 Å². The Kier molecular flexibility index (Phi) is 5.27. The van der Waals surface area contributed by atoms with Gasteiger partial charge in [0.25, 0.3) is 0 Å². The van der Waals surface area contributed by atoms with Crippen molar-refractivity contribution in [2.24, 2.45) is 0 Å². The summed E-state index contributed by atoms with van der Waals surface area (Å²) in [7, 11) is 0. The molecule has 1 atom stereocenters. The number of nitrogens with one attached hydrogen (secondary N) is 1. The Bertz CT molecular complexity index is 364. The minimum atomic E-state index is -0.839. The van der Waals surface area contributed by atoms with Crippen molar-refractivity contribution in [3.05, 3.63) is 12.7 Å². The average molecular weight is 254 g/mol. The largest absolute Gasteiger partial charge is 0.480 e. The molecule has 102 valence electrons. The molecule has 1 aromatic rings. The summed E-state index contributed by atoms with van der Waals surface area (Å²) in [5.41, 5.74) is -0.839. The fourth-order valence-corrected chi connectivity index (χ4v) is 2.11. The van der Waals surface area contributed by atoms with Crippen LogP contribution in [-0.4, -0.2) is 37.4 Å². The number of hydrogen-bond donors (Lipinski definition) is 2. The third-order valence-corrected chi connectivity index (χ3v) is 3.04. The molecule has 18 heavy (non-hydrogen) atoms. The molecule has 0 saturated heterocycles. The van der Waals surface area contributed by atoms with Gasteiger partial charge in [0.15, 0.2) is 0 Å². The van der Waals surface area contributed by atoms with Gasteiger partial charge in [-0.05, 0) is 33.1 Å². The minimum absolute atomic E-state index is 0.146. The van der Waals surface area contributed by atoms with E-state index in [1.807, 2.05) is 20.8 Å². The highest BCUT2D eigenvalue weighted by molar-refractivity contribution is 5.78. The number of carboxylic acids is 1. The summed E-state index contributed by atoms with van der Waals surface area (Å²) in [6, 6.07) is 0.146. The van der Waals surface area contributed by atoms with Crippen molar-refractivity contribution in [3.8, 4) is 0 Å². The second kappa shape index (κ2) is 6.49. The van der Waals surface area contributed by atoms with E-state index in [0.29, 0.717) is 19.4 Å². The van der Waals surface area contributed by atoms with Crippen LogP contribution >= 0.6 is 0 Å². The Morgan fingerprint density at radius 1 is 1.56 bits per heavy atom. The van der Waals surface area contributed by atoms with E-state index in [1.54, 1.807) is 11.0 Å². The Labute approximate surface area is 107 Å². The summed E-state index contributed by atoms with van der Waals surface area (Å²) < 4.78 is 1.72. The lowest BCUT2D eigenvalue weighted by Gasteiger charge is -2.31. The molecule has 6 heteroatoms. The summed E-state index contributed by atoms with van der Waals surface area (Å²) in [5, 5.41) is 16.6. The topological polar surface area (TPSA) is 80.0 Å². The lowest BCUT2D eigenvalue weighted by atomic mass is 9.89. The highest BCUT2D eigenvalue weighted by Gasteiger charge is 2.36. The van der Waals surface area contributed by atoms with E-state index < -0.39 is 11.5 Å². The smallest absolute Gasteiger partial charge is 0.323 e. The monoisotopic (exact) mass is 254 g/mol.